The molecule has 2 amide bonds. The molecular formula is C25H42N4O3. The van der Waals surface area contributed by atoms with Gasteiger partial charge in [0.1, 0.15) is 6.04 Å². The molecular weight excluding hydrogens is 404 g/mol. The third-order valence-electron chi connectivity index (χ3n) is 6.26. The van der Waals surface area contributed by atoms with Crippen LogP contribution in [-0.2, 0) is 16.0 Å². The van der Waals surface area contributed by atoms with Gasteiger partial charge in [-0.3, -0.25) is 14.6 Å². The minimum atomic E-state index is -0.694. The summed E-state index contributed by atoms with van der Waals surface area (Å²) in [5.74, 6) is 0.0889. The van der Waals surface area contributed by atoms with Crippen LogP contribution in [0.3, 0.4) is 0 Å². The van der Waals surface area contributed by atoms with Crippen LogP contribution in [0.1, 0.15) is 77.2 Å². The monoisotopic (exact) mass is 446 g/mol. The molecule has 1 aliphatic heterocycles. The minimum absolute atomic E-state index is 0.0806. The number of nitrogens with zero attached hydrogens (tertiary/aromatic N) is 1. The molecule has 1 aliphatic rings. The maximum Gasteiger partial charge on any atom is 0.242 e. The second-order valence-corrected chi connectivity index (χ2v) is 9.28. The van der Waals surface area contributed by atoms with E-state index >= 15 is 0 Å². The Kier molecular flexibility index (Phi) is 12.3. The smallest absolute Gasteiger partial charge is 0.242 e. The molecule has 0 spiro atoms. The molecule has 0 aromatic carbocycles. The molecule has 7 nitrogen and oxygen atoms in total. The second-order valence-electron chi connectivity index (χ2n) is 9.28. The standard InChI is InChI=1S/C25H42N4O3/c1-19-9-7-5-3-4-6-8-10-24(31)28-20(2)25(32)29-22(17-19)23(30)18-27-16-13-21-11-14-26-15-12-21/h11-12,14-15,19-20,22-23,27,30H,3-10,13,16-18H2,1-2H3,(H,28,31)(H,29,32)/t19-,20+,22?,23?/m1/s1. The SMILES string of the molecule is C[C@@H]1CCCCCCCCC(=O)N[C@@H](C)C(=O)NC(C(O)CNCCc2ccncc2)C1. The molecule has 0 radical (unpaired) electrons. The largest absolute Gasteiger partial charge is 0.390 e. The number of hydrogen-bond donors (Lipinski definition) is 4. The lowest BCUT2D eigenvalue weighted by molar-refractivity contribution is -0.129. The topological polar surface area (TPSA) is 103 Å². The Labute approximate surface area is 193 Å². The van der Waals surface area contributed by atoms with Gasteiger partial charge in [0.15, 0.2) is 0 Å². The average molecular weight is 447 g/mol. The van der Waals surface area contributed by atoms with Gasteiger partial charge in [-0.2, -0.15) is 0 Å². The number of carbonyl (C=O) groups is 2. The number of carbonyl (C=O) groups excluding carboxylic acids is 2. The number of rotatable bonds is 6. The van der Waals surface area contributed by atoms with Gasteiger partial charge in [0.05, 0.1) is 12.1 Å². The van der Waals surface area contributed by atoms with Crippen molar-refractivity contribution in [2.75, 3.05) is 13.1 Å². The van der Waals surface area contributed by atoms with Gasteiger partial charge in [-0.05, 0) is 56.3 Å². The van der Waals surface area contributed by atoms with E-state index in [9.17, 15) is 14.7 Å². The van der Waals surface area contributed by atoms with Crippen LogP contribution in [0, 0.1) is 5.92 Å². The molecule has 2 unspecified atom stereocenters. The quantitative estimate of drug-likeness (QED) is 0.503. The Morgan fingerprint density at radius 2 is 1.75 bits per heavy atom. The van der Waals surface area contributed by atoms with Crippen LogP contribution < -0.4 is 16.0 Å². The fourth-order valence-electron chi connectivity index (χ4n) is 4.21. The van der Waals surface area contributed by atoms with Crippen molar-refractivity contribution >= 4 is 11.8 Å². The highest BCUT2D eigenvalue weighted by Crippen LogP contribution is 2.18. The fourth-order valence-corrected chi connectivity index (χ4v) is 4.21. The van der Waals surface area contributed by atoms with Crippen LogP contribution >= 0.6 is 0 Å². The van der Waals surface area contributed by atoms with Crippen molar-refractivity contribution in [3.63, 3.8) is 0 Å². The van der Waals surface area contributed by atoms with E-state index in [0.717, 1.165) is 45.1 Å². The van der Waals surface area contributed by atoms with Crippen LogP contribution in [0.4, 0.5) is 0 Å². The zero-order valence-corrected chi connectivity index (χ0v) is 19.8. The van der Waals surface area contributed by atoms with Crippen LogP contribution in [-0.4, -0.2) is 53.2 Å². The second kappa shape index (κ2) is 15.0. The van der Waals surface area contributed by atoms with Gasteiger partial charge in [-0.25, -0.2) is 0 Å². The predicted octanol–water partition coefficient (Wildman–Crippen LogP) is 2.72. The summed E-state index contributed by atoms with van der Waals surface area (Å²) in [6, 6.07) is 3.01. The summed E-state index contributed by atoms with van der Waals surface area (Å²) >= 11 is 0. The molecule has 32 heavy (non-hydrogen) atoms. The molecule has 2 rings (SSSR count). The summed E-state index contributed by atoms with van der Waals surface area (Å²) in [4.78, 5) is 28.9. The summed E-state index contributed by atoms with van der Waals surface area (Å²) < 4.78 is 0. The van der Waals surface area contributed by atoms with Crippen molar-refractivity contribution in [3.8, 4) is 0 Å². The molecule has 1 fully saturated rings. The van der Waals surface area contributed by atoms with Gasteiger partial charge in [-0.1, -0.05) is 45.4 Å². The number of amides is 2. The minimum Gasteiger partial charge on any atom is -0.390 e. The average Bonchev–Trinajstić information content (AvgIpc) is 2.77. The number of pyridine rings is 1. The number of aromatic nitrogens is 1. The fraction of sp³-hybridized carbons (Fsp3) is 0.720. The zero-order valence-electron chi connectivity index (χ0n) is 19.8. The molecule has 0 saturated carbocycles. The molecule has 4 atom stereocenters. The number of hydrogen-bond acceptors (Lipinski definition) is 5. The summed E-state index contributed by atoms with van der Waals surface area (Å²) in [6.45, 7) is 5.04. The highest BCUT2D eigenvalue weighted by Gasteiger charge is 2.26. The summed E-state index contributed by atoms with van der Waals surface area (Å²) in [5, 5.41) is 20.0. The van der Waals surface area contributed by atoms with E-state index in [1.165, 1.54) is 24.8 Å². The van der Waals surface area contributed by atoms with Crippen LogP contribution in [0.15, 0.2) is 24.5 Å². The normalized spacial score (nSPS) is 25.5. The molecule has 1 aromatic rings. The third kappa shape index (κ3) is 10.6. The van der Waals surface area contributed by atoms with Gasteiger partial charge >= 0.3 is 0 Å². The van der Waals surface area contributed by atoms with Gasteiger partial charge in [0.25, 0.3) is 0 Å². The van der Waals surface area contributed by atoms with E-state index in [-0.39, 0.29) is 17.9 Å². The Morgan fingerprint density at radius 1 is 1.06 bits per heavy atom. The number of nitrogens with one attached hydrogen (secondary N) is 3. The maximum atomic E-state index is 12.7. The van der Waals surface area contributed by atoms with E-state index in [4.69, 9.17) is 0 Å². The summed E-state index contributed by atoms with van der Waals surface area (Å²) in [5.41, 5.74) is 1.19. The first-order valence-electron chi connectivity index (χ1n) is 12.3. The van der Waals surface area contributed by atoms with Gasteiger partial charge in [0, 0.05) is 25.4 Å². The summed E-state index contributed by atoms with van der Waals surface area (Å²) in [6.07, 6.45) is 12.6. The van der Waals surface area contributed by atoms with E-state index in [1.807, 2.05) is 12.1 Å². The highest BCUT2D eigenvalue weighted by molar-refractivity contribution is 5.87. The molecule has 0 bridgehead atoms. The van der Waals surface area contributed by atoms with E-state index < -0.39 is 12.1 Å². The van der Waals surface area contributed by atoms with Gasteiger partial charge in [0.2, 0.25) is 11.8 Å². The number of aliphatic hydroxyl groups is 1. The number of aliphatic hydroxyl groups excluding tert-OH is 1. The molecule has 4 N–H and O–H groups in total. The van der Waals surface area contributed by atoms with E-state index in [0.29, 0.717) is 18.9 Å². The molecule has 1 saturated heterocycles. The van der Waals surface area contributed by atoms with Crippen molar-refractivity contribution in [3.05, 3.63) is 30.1 Å². The Balaban J connectivity index is 1.91. The predicted molar refractivity (Wildman–Crippen MR) is 127 cm³/mol. The van der Waals surface area contributed by atoms with Crippen molar-refractivity contribution in [1.29, 1.82) is 0 Å². The first-order chi connectivity index (χ1) is 15.5. The first-order valence-corrected chi connectivity index (χ1v) is 12.3. The van der Waals surface area contributed by atoms with Gasteiger partial charge < -0.3 is 21.1 Å². The molecule has 2 heterocycles. The van der Waals surface area contributed by atoms with E-state index in [2.05, 4.69) is 27.9 Å². The van der Waals surface area contributed by atoms with Crippen LogP contribution in [0.25, 0.3) is 0 Å². The Bertz CT molecular complexity index is 670. The lowest BCUT2D eigenvalue weighted by atomic mass is 9.92. The maximum absolute atomic E-state index is 12.7. The lowest BCUT2D eigenvalue weighted by Crippen LogP contribution is -2.53. The summed E-state index contributed by atoms with van der Waals surface area (Å²) in [7, 11) is 0. The van der Waals surface area contributed by atoms with Crippen molar-refractivity contribution < 1.29 is 14.7 Å². The van der Waals surface area contributed by atoms with Crippen LogP contribution in [0.2, 0.25) is 0 Å². The molecule has 1 aromatic heterocycles. The molecule has 7 heteroatoms. The van der Waals surface area contributed by atoms with Crippen molar-refractivity contribution in [2.24, 2.45) is 5.92 Å². The third-order valence-corrected chi connectivity index (χ3v) is 6.26. The van der Waals surface area contributed by atoms with Crippen LogP contribution in [0.5, 0.6) is 0 Å². The van der Waals surface area contributed by atoms with Crippen molar-refractivity contribution in [1.82, 2.24) is 20.9 Å². The Morgan fingerprint density at radius 3 is 2.50 bits per heavy atom. The Hall–Kier alpha value is -1.99. The van der Waals surface area contributed by atoms with Gasteiger partial charge in [-0.15, -0.1) is 0 Å². The highest BCUT2D eigenvalue weighted by atomic mass is 16.3. The zero-order chi connectivity index (χ0) is 23.2. The lowest BCUT2D eigenvalue weighted by Gasteiger charge is -2.28. The first kappa shape index (κ1) is 26.3. The molecule has 180 valence electrons. The van der Waals surface area contributed by atoms with Crippen molar-refractivity contribution in [2.45, 2.75) is 96.2 Å². The van der Waals surface area contributed by atoms with E-state index in [1.54, 1.807) is 19.3 Å². The molecule has 0 aliphatic carbocycles.